The van der Waals surface area contributed by atoms with Gasteiger partial charge in [-0.15, -0.1) is 0 Å². The van der Waals surface area contributed by atoms with Crippen LogP contribution >= 0.6 is 0 Å². The first-order chi connectivity index (χ1) is 8.08. The molecule has 0 aromatic carbocycles. The maximum Gasteiger partial charge on any atom is 0.0918 e. The van der Waals surface area contributed by atoms with Gasteiger partial charge in [0.05, 0.1) is 25.2 Å². The molecule has 0 radical (unpaired) electrons. The lowest BCUT2D eigenvalue weighted by Crippen LogP contribution is -2.63. The summed E-state index contributed by atoms with van der Waals surface area (Å²) in [7, 11) is 0. The molecule has 1 saturated carbocycles. The Balaban J connectivity index is 2.91. The van der Waals surface area contributed by atoms with Crippen molar-refractivity contribution in [2.75, 3.05) is 13.1 Å². The van der Waals surface area contributed by atoms with Crippen LogP contribution in [0.5, 0.6) is 0 Å². The van der Waals surface area contributed by atoms with E-state index in [4.69, 9.17) is 0 Å². The van der Waals surface area contributed by atoms with Gasteiger partial charge in [-0.1, -0.05) is 27.2 Å². The Labute approximate surface area is 109 Å². The van der Waals surface area contributed by atoms with E-state index in [0.717, 1.165) is 18.0 Å². The van der Waals surface area contributed by atoms with Gasteiger partial charge in [-0.25, -0.2) is 0 Å². The summed E-state index contributed by atoms with van der Waals surface area (Å²) >= 11 is 0. The van der Waals surface area contributed by atoms with E-state index in [1.165, 1.54) is 56.1 Å². The molecule has 1 nitrogen and oxygen atoms in total. The second kappa shape index (κ2) is 6.78. The Bertz CT molecular complexity index is 204. The van der Waals surface area contributed by atoms with Gasteiger partial charge in [0.15, 0.2) is 0 Å². The highest BCUT2D eigenvalue weighted by Gasteiger charge is 2.42. The molecular formula is C16H34N+. The number of nitrogens with zero attached hydrogens (tertiary/aromatic N) is 1. The van der Waals surface area contributed by atoms with E-state index in [-0.39, 0.29) is 0 Å². The van der Waals surface area contributed by atoms with Crippen LogP contribution in [0.25, 0.3) is 0 Å². The largest absolute Gasteiger partial charge is 0.319 e. The third-order valence-electron chi connectivity index (χ3n) is 5.03. The molecule has 0 bridgehead atoms. The molecule has 0 saturated heterocycles. The number of hydrogen-bond acceptors (Lipinski definition) is 0. The van der Waals surface area contributed by atoms with Crippen LogP contribution in [0, 0.1) is 5.92 Å². The summed E-state index contributed by atoms with van der Waals surface area (Å²) in [5, 5.41) is 0. The Kier molecular flexibility index (Phi) is 5.99. The molecule has 17 heavy (non-hydrogen) atoms. The average Bonchev–Trinajstić information content (AvgIpc) is 2.29. The lowest BCUT2D eigenvalue weighted by molar-refractivity contribution is -0.974. The second-order valence-corrected chi connectivity index (χ2v) is 6.47. The van der Waals surface area contributed by atoms with Crippen molar-refractivity contribution in [3.8, 4) is 0 Å². The highest BCUT2D eigenvalue weighted by molar-refractivity contribution is 4.75. The summed E-state index contributed by atoms with van der Waals surface area (Å²) in [4.78, 5) is 0. The van der Waals surface area contributed by atoms with E-state index in [1.54, 1.807) is 0 Å². The molecule has 1 aliphatic carbocycles. The van der Waals surface area contributed by atoms with Crippen LogP contribution in [0.4, 0.5) is 0 Å². The Morgan fingerprint density at radius 2 is 1.53 bits per heavy atom. The van der Waals surface area contributed by atoms with E-state index in [9.17, 15) is 0 Å². The number of rotatable bonds is 6. The summed E-state index contributed by atoms with van der Waals surface area (Å²) in [6.07, 6.45) is 8.54. The van der Waals surface area contributed by atoms with Crippen molar-refractivity contribution in [3.05, 3.63) is 0 Å². The fourth-order valence-corrected chi connectivity index (χ4v) is 4.24. The van der Waals surface area contributed by atoms with Gasteiger partial charge in [0.2, 0.25) is 0 Å². The molecule has 0 aliphatic heterocycles. The molecular weight excluding hydrogens is 206 g/mol. The van der Waals surface area contributed by atoms with Crippen LogP contribution in [0.3, 0.4) is 0 Å². The maximum atomic E-state index is 2.50. The van der Waals surface area contributed by atoms with E-state index in [1.807, 2.05) is 0 Å². The van der Waals surface area contributed by atoms with Gasteiger partial charge in [-0.3, -0.25) is 0 Å². The first-order valence-corrected chi connectivity index (χ1v) is 7.94. The minimum atomic E-state index is 0.792. The smallest absolute Gasteiger partial charge is 0.0918 e. The molecule has 1 rings (SSSR count). The Hall–Kier alpha value is -0.0400. The van der Waals surface area contributed by atoms with Crippen LogP contribution in [0.1, 0.15) is 73.1 Å². The molecule has 1 aliphatic rings. The quantitative estimate of drug-likeness (QED) is 0.595. The van der Waals surface area contributed by atoms with Gasteiger partial charge in [0.1, 0.15) is 0 Å². The fraction of sp³-hybridized carbons (Fsp3) is 1.00. The van der Waals surface area contributed by atoms with Gasteiger partial charge < -0.3 is 4.48 Å². The summed E-state index contributed by atoms with van der Waals surface area (Å²) in [6.45, 7) is 14.9. The predicted molar refractivity (Wildman–Crippen MR) is 77.1 cm³/mol. The Morgan fingerprint density at radius 3 is 1.94 bits per heavy atom. The zero-order valence-corrected chi connectivity index (χ0v) is 12.8. The van der Waals surface area contributed by atoms with E-state index < -0.39 is 0 Å². The summed E-state index contributed by atoms with van der Waals surface area (Å²) in [6, 6.07) is 1.73. The van der Waals surface area contributed by atoms with Crippen molar-refractivity contribution in [3.63, 3.8) is 0 Å². The molecule has 0 N–H and O–H groups in total. The summed E-state index contributed by atoms with van der Waals surface area (Å²) in [5.41, 5.74) is 0. The standard InChI is InChI=1S/C16H34N/c1-6-12-17(13-7-2,14(3)4)16-11-9-8-10-15(16)5/h14-16H,6-13H2,1-5H3/q+1. The minimum Gasteiger partial charge on any atom is -0.319 e. The van der Waals surface area contributed by atoms with Crippen molar-refractivity contribution in [1.82, 2.24) is 0 Å². The molecule has 0 amide bonds. The molecule has 0 aromatic heterocycles. The Morgan fingerprint density at radius 1 is 1.00 bits per heavy atom. The SMILES string of the molecule is CCC[N+](CCC)(C(C)C)C1CCCCC1C. The van der Waals surface area contributed by atoms with E-state index >= 15 is 0 Å². The first kappa shape index (κ1) is 15.0. The lowest BCUT2D eigenvalue weighted by Gasteiger charge is -2.52. The van der Waals surface area contributed by atoms with Crippen molar-refractivity contribution < 1.29 is 4.48 Å². The fourth-order valence-electron chi connectivity index (χ4n) is 4.24. The summed E-state index contributed by atoms with van der Waals surface area (Å²) < 4.78 is 1.40. The van der Waals surface area contributed by atoms with Gasteiger partial charge in [0, 0.05) is 5.92 Å². The van der Waals surface area contributed by atoms with Crippen molar-refractivity contribution >= 4 is 0 Å². The molecule has 102 valence electrons. The summed E-state index contributed by atoms with van der Waals surface area (Å²) in [5.74, 6) is 0.934. The van der Waals surface area contributed by atoms with Gasteiger partial charge in [-0.05, 0) is 46.0 Å². The molecule has 1 heteroatoms. The van der Waals surface area contributed by atoms with E-state index in [2.05, 4.69) is 34.6 Å². The molecule has 0 heterocycles. The highest BCUT2D eigenvalue weighted by Crippen LogP contribution is 2.35. The van der Waals surface area contributed by atoms with Crippen LogP contribution in [0.2, 0.25) is 0 Å². The zero-order valence-electron chi connectivity index (χ0n) is 12.8. The third-order valence-corrected chi connectivity index (χ3v) is 5.03. The molecule has 2 atom stereocenters. The normalized spacial score (nSPS) is 26.5. The highest BCUT2D eigenvalue weighted by atomic mass is 15.4. The van der Waals surface area contributed by atoms with Crippen LogP contribution in [-0.2, 0) is 0 Å². The molecule has 0 spiro atoms. The van der Waals surface area contributed by atoms with Crippen LogP contribution in [0.15, 0.2) is 0 Å². The monoisotopic (exact) mass is 240 g/mol. The number of quaternary nitrogens is 1. The van der Waals surface area contributed by atoms with Crippen molar-refractivity contribution in [1.29, 1.82) is 0 Å². The minimum absolute atomic E-state index is 0.792. The van der Waals surface area contributed by atoms with Crippen molar-refractivity contribution in [2.24, 2.45) is 5.92 Å². The maximum absolute atomic E-state index is 2.50. The predicted octanol–water partition coefficient (Wildman–Crippen LogP) is 4.61. The second-order valence-electron chi connectivity index (χ2n) is 6.47. The zero-order chi connectivity index (χ0) is 12.9. The van der Waals surface area contributed by atoms with Crippen LogP contribution in [-0.4, -0.2) is 29.7 Å². The third kappa shape index (κ3) is 3.24. The average molecular weight is 240 g/mol. The van der Waals surface area contributed by atoms with E-state index in [0.29, 0.717) is 0 Å². The molecule has 0 aromatic rings. The molecule has 1 fully saturated rings. The van der Waals surface area contributed by atoms with Crippen molar-refractivity contribution in [2.45, 2.75) is 85.2 Å². The van der Waals surface area contributed by atoms with Gasteiger partial charge in [-0.2, -0.15) is 0 Å². The molecule has 2 unspecified atom stereocenters. The van der Waals surface area contributed by atoms with Gasteiger partial charge >= 0.3 is 0 Å². The first-order valence-electron chi connectivity index (χ1n) is 7.94. The number of hydrogen-bond donors (Lipinski definition) is 0. The van der Waals surface area contributed by atoms with Crippen LogP contribution < -0.4 is 0 Å². The lowest BCUT2D eigenvalue weighted by atomic mass is 9.82. The topological polar surface area (TPSA) is 0 Å². The van der Waals surface area contributed by atoms with Gasteiger partial charge in [0.25, 0.3) is 0 Å².